The fraction of sp³-hybridized carbons (Fsp3) is 0.356. The van der Waals surface area contributed by atoms with Crippen molar-refractivity contribution in [3.63, 3.8) is 0 Å². The Bertz CT molecular complexity index is 1930. The zero-order valence-corrected chi connectivity index (χ0v) is 33.0. The second-order valence-corrected chi connectivity index (χ2v) is 14.2. The number of benzene rings is 3. The number of hydrogen-bond donors (Lipinski definition) is 1. The van der Waals surface area contributed by atoms with Crippen LogP contribution in [-0.4, -0.2) is 20.9 Å². The van der Waals surface area contributed by atoms with Crippen molar-refractivity contribution in [2.45, 2.75) is 92.4 Å². The number of ketones is 1. The number of aliphatic hydroxyl groups excluding tert-OH is 1. The summed E-state index contributed by atoms with van der Waals surface area (Å²) >= 11 is 0. The van der Waals surface area contributed by atoms with Gasteiger partial charge in [0.2, 0.25) is 0 Å². The smallest absolute Gasteiger partial charge is 0.162 e. The molecule has 1 aliphatic rings. The molecule has 0 aliphatic heterocycles. The van der Waals surface area contributed by atoms with Gasteiger partial charge in [-0.25, -0.2) is 0 Å². The van der Waals surface area contributed by atoms with Crippen molar-refractivity contribution in [2.75, 3.05) is 0 Å². The average Bonchev–Trinajstić information content (AvgIpc) is 3.12. The van der Waals surface area contributed by atoms with Gasteiger partial charge in [-0.05, 0) is 66.7 Å². The largest absolute Gasteiger partial charge is 0.512 e. The summed E-state index contributed by atoms with van der Waals surface area (Å²) in [4.78, 5) is 21.4. The van der Waals surface area contributed by atoms with Crippen molar-refractivity contribution in [2.24, 2.45) is 11.8 Å². The minimum absolute atomic E-state index is 0. The molecule has 5 heteroatoms. The Morgan fingerprint density at radius 2 is 1.40 bits per heavy atom. The molecule has 1 N–H and O–H groups in total. The van der Waals surface area contributed by atoms with E-state index in [1.165, 1.54) is 39.3 Å². The first kappa shape index (κ1) is 38.9. The minimum atomic E-state index is 0. The second-order valence-electron chi connectivity index (χ2n) is 14.2. The Hall–Kier alpha value is -3.92. The molecule has 6 rings (SSSR count). The summed E-state index contributed by atoms with van der Waals surface area (Å²) in [6.45, 7) is 14.9. The van der Waals surface area contributed by atoms with E-state index in [9.17, 15) is 9.90 Å². The Balaban J connectivity index is 0.000000301. The van der Waals surface area contributed by atoms with E-state index in [0.717, 1.165) is 66.4 Å². The van der Waals surface area contributed by atoms with Crippen LogP contribution in [0.1, 0.15) is 90.8 Å². The Kier molecular flexibility index (Phi) is 13.5. The molecule has 5 aromatic rings. The number of aliphatic hydroxyl groups is 1. The third-order valence-corrected chi connectivity index (χ3v) is 9.94. The summed E-state index contributed by atoms with van der Waals surface area (Å²) in [6, 6.07) is 29.4. The average molecular weight is 844 g/mol. The maximum atomic E-state index is 11.7. The molecule has 1 radical (unpaired) electrons. The van der Waals surface area contributed by atoms with Crippen molar-refractivity contribution in [3.8, 4) is 33.6 Å². The maximum Gasteiger partial charge on any atom is 0.162 e. The summed E-state index contributed by atoms with van der Waals surface area (Å²) in [6.07, 6.45) is 11.0. The summed E-state index contributed by atoms with van der Waals surface area (Å²) in [7, 11) is 0. The zero-order chi connectivity index (χ0) is 35.1. The van der Waals surface area contributed by atoms with Crippen molar-refractivity contribution in [1.29, 1.82) is 0 Å². The van der Waals surface area contributed by atoms with E-state index in [4.69, 9.17) is 9.97 Å². The van der Waals surface area contributed by atoms with Gasteiger partial charge in [-0.15, -0.1) is 29.1 Å². The van der Waals surface area contributed by atoms with Gasteiger partial charge in [0, 0.05) is 67.2 Å². The van der Waals surface area contributed by atoms with Crippen molar-refractivity contribution in [3.05, 3.63) is 120 Å². The molecule has 2 heterocycles. The molecule has 0 amide bonds. The number of carbonyl (C=O) groups is 1. The van der Waals surface area contributed by atoms with Gasteiger partial charge in [-0.2, -0.15) is 0 Å². The molecule has 0 fully saturated rings. The second kappa shape index (κ2) is 17.3. The molecule has 2 aromatic heterocycles. The van der Waals surface area contributed by atoms with Crippen LogP contribution in [0, 0.1) is 17.9 Å². The van der Waals surface area contributed by atoms with Crippen LogP contribution in [0.4, 0.5) is 0 Å². The predicted octanol–water partition coefficient (Wildman–Crippen LogP) is 11.7. The van der Waals surface area contributed by atoms with Gasteiger partial charge in [0.05, 0.1) is 11.5 Å². The fourth-order valence-electron chi connectivity index (χ4n) is 6.83. The Morgan fingerprint density at radius 1 is 0.780 bits per heavy atom. The molecule has 0 spiro atoms. The van der Waals surface area contributed by atoms with Crippen LogP contribution in [0.2, 0.25) is 0 Å². The van der Waals surface area contributed by atoms with Gasteiger partial charge < -0.3 is 5.11 Å². The number of hydrogen-bond acceptors (Lipinski definition) is 4. The van der Waals surface area contributed by atoms with Gasteiger partial charge in [0.15, 0.2) is 5.78 Å². The number of carbonyl (C=O) groups excluding carboxylic acids is 1. The molecule has 0 saturated carbocycles. The molecular weight excluding hydrogens is 793 g/mol. The molecule has 4 nitrogen and oxygen atoms in total. The first-order valence-electron chi connectivity index (χ1n) is 18.0. The Labute approximate surface area is 312 Å². The predicted molar refractivity (Wildman–Crippen MR) is 205 cm³/mol. The van der Waals surface area contributed by atoms with Crippen LogP contribution in [-0.2, 0) is 43.2 Å². The van der Waals surface area contributed by atoms with E-state index >= 15 is 0 Å². The maximum absolute atomic E-state index is 11.7. The molecule has 263 valence electrons. The number of rotatable bonds is 9. The SMILES string of the molecule is CC(C)(C)c1cc(-c2cc3c(cn2)CCc2cc(-c4ccccc4)ncc2-3)[c-]c2ccccc12.CCC(CC)C(=O)/C=C(\O)C(CC)CC.[Ir]. The molecular formula is C45H51IrN2O2-. The summed E-state index contributed by atoms with van der Waals surface area (Å²) in [5, 5.41) is 12.2. The number of aryl methyl sites for hydroxylation is 2. The van der Waals surface area contributed by atoms with E-state index in [1.807, 2.05) is 40.0 Å². The molecule has 0 atom stereocenters. The van der Waals surface area contributed by atoms with Crippen molar-refractivity contribution in [1.82, 2.24) is 9.97 Å². The van der Waals surface area contributed by atoms with Gasteiger partial charge in [0.1, 0.15) is 0 Å². The van der Waals surface area contributed by atoms with Crippen LogP contribution in [0.25, 0.3) is 44.4 Å². The summed E-state index contributed by atoms with van der Waals surface area (Å²) in [5.41, 5.74) is 10.7. The number of fused-ring (bicyclic) bond motifs is 4. The molecule has 0 bridgehead atoms. The minimum Gasteiger partial charge on any atom is -0.512 e. The number of pyridine rings is 2. The number of aromatic nitrogens is 2. The van der Waals surface area contributed by atoms with E-state index in [1.54, 1.807) is 0 Å². The topological polar surface area (TPSA) is 63.1 Å². The monoisotopic (exact) mass is 844 g/mol. The summed E-state index contributed by atoms with van der Waals surface area (Å²) in [5.74, 6) is 0.547. The van der Waals surface area contributed by atoms with Gasteiger partial charge >= 0.3 is 0 Å². The van der Waals surface area contributed by atoms with E-state index < -0.39 is 0 Å². The third kappa shape index (κ3) is 8.86. The number of nitrogens with zero attached hydrogens (tertiary/aromatic N) is 2. The van der Waals surface area contributed by atoms with Crippen LogP contribution in [0.15, 0.2) is 97.0 Å². The first-order valence-corrected chi connectivity index (χ1v) is 18.0. The normalized spacial score (nSPS) is 12.5. The molecule has 0 saturated heterocycles. The third-order valence-electron chi connectivity index (χ3n) is 9.94. The van der Waals surface area contributed by atoms with Crippen molar-refractivity contribution < 1.29 is 30.0 Å². The molecule has 0 unspecified atom stereocenters. The summed E-state index contributed by atoms with van der Waals surface area (Å²) < 4.78 is 0. The fourth-order valence-corrected chi connectivity index (χ4v) is 6.83. The molecule has 1 aliphatic carbocycles. The van der Waals surface area contributed by atoms with Crippen LogP contribution in [0.3, 0.4) is 0 Å². The van der Waals surface area contributed by atoms with E-state index in [-0.39, 0.29) is 48.9 Å². The van der Waals surface area contributed by atoms with Gasteiger partial charge in [-0.3, -0.25) is 14.8 Å². The van der Waals surface area contributed by atoms with Crippen molar-refractivity contribution >= 4 is 16.6 Å². The zero-order valence-electron chi connectivity index (χ0n) is 30.6. The van der Waals surface area contributed by atoms with Gasteiger partial charge in [-0.1, -0.05) is 114 Å². The van der Waals surface area contributed by atoms with Gasteiger partial charge in [0.25, 0.3) is 0 Å². The van der Waals surface area contributed by atoms with Crippen LogP contribution in [0.5, 0.6) is 0 Å². The number of allylic oxidation sites excluding steroid dienone is 2. The quantitative estimate of drug-likeness (QED) is 0.0912. The van der Waals surface area contributed by atoms with Crippen LogP contribution >= 0.6 is 0 Å². The first-order chi connectivity index (χ1) is 23.6. The van der Waals surface area contributed by atoms with Crippen LogP contribution < -0.4 is 0 Å². The van der Waals surface area contributed by atoms with E-state index in [0.29, 0.717) is 0 Å². The standard InChI is InChI=1S/C32H27N2.C13H24O2.Ir/c1-32(2,3)29-16-25(15-22-11-7-8-12-26(22)29)31-18-27-24(19-33-31)14-13-23-17-30(34-20-28(23)27)21-9-5-4-6-10-21;1-5-10(6-2)12(14)9-13(15)11(7-3)8-4;/h4-12,16-20H,13-14H2,1-3H3;9-11,14H,5-8H2,1-4H3;/q-1;;/b;12-9-;. The molecule has 3 aromatic carbocycles. The Morgan fingerprint density at radius 3 is 2.06 bits per heavy atom. The van der Waals surface area contributed by atoms with E-state index in [2.05, 4.69) is 99.8 Å². The molecule has 50 heavy (non-hydrogen) atoms.